The monoisotopic (exact) mass is 370 g/mol. The maximum absolute atomic E-state index is 13.4. The van der Waals surface area contributed by atoms with Crippen LogP contribution in [0.1, 0.15) is 23.2 Å². The van der Waals surface area contributed by atoms with Crippen LogP contribution in [0.4, 0.5) is 0 Å². The minimum Gasteiger partial charge on any atom is -0.238 e. The lowest BCUT2D eigenvalue weighted by molar-refractivity contribution is 0.585. The van der Waals surface area contributed by atoms with Gasteiger partial charge in [-0.2, -0.15) is 0 Å². The van der Waals surface area contributed by atoms with E-state index in [2.05, 4.69) is 12.5 Å². The summed E-state index contributed by atoms with van der Waals surface area (Å²) in [4.78, 5) is 1.51. The molecule has 129 valence electrons. The van der Waals surface area contributed by atoms with E-state index in [0.29, 0.717) is 4.90 Å². The molecular formula is C20H20NO2S2. The minimum absolute atomic E-state index is 0.348. The van der Waals surface area contributed by atoms with Crippen molar-refractivity contribution in [2.24, 2.45) is 0 Å². The lowest BCUT2D eigenvalue weighted by Crippen LogP contribution is -2.17. The first-order valence-electron chi connectivity index (χ1n) is 8.36. The summed E-state index contributed by atoms with van der Waals surface area (Å²) in [7, 11) is -3.60. The summed E-state index contributed by atoms with van der Waals surface area (Å²) in [6.07, 6.45) is 6.81. The van der Waals surface area contributed by atoms with Gasteiger partial charge in [-0.3, -0.25) is 0 Å². The van der Waals surface area contributed by atoms with Crippen molar-refractivity contribution in [1.82, 2.24) is 3.97 Å². The number of fused-ring (bicyclic) bond motifs is 3. The molecule has 25 heavy (non-hydrogen) atoms. The van der Waals surface area contributed by atoms with Gasteiger partial charge in [0.25, 0.3) is 10.0 Å². The van der Waals surface area contributed by atoms with E-state index in [1.54, 1.807) is 27.9 Å². The molecule has 1 heterocycles. The van der Waals surface area contributed by atoms with Gasteiger partial charge in [-0.15, -0.1) is 11.8 Å². The van der Waals surface area contributed by atoms with E-state index < -0.39 is 10.0 Å². The zero-order chi connectivity index (χ0) is 17.6. The number of aromatic nitrogens is 1. The molecule has 0 N–H and O–H groups in total. The van der Waals surface area contributed by atoms with Crippen molar-refractivity contribution >= 4 is 32.7 Å². The van der Waals surface area contributed by atoms with Crippen molar-refractivity contribution in [1.29, 1.82) is 0 Å². The summed E-state index contributed by atoms with van der Waals surface area (Å²) in [6.45, 7) is 1.96. The Morgan fingerprint density at radius 3 is 2.56 bits per heavy atom. The van der Waals surface area contributed by atoms with Crippen LogP contribution in [0.5, 0.6) is 0 Å². The second-order valence-corrected chi connectivity index (χ2v) is 9.09. The molecule has 5 heteroatoms. The van der Waals surface area contributed by atoms with Gasteiger partial charge in [0.05, 0.1) is 10.4 Å². The number of thioether (sulfide) groups is 1. The van der Waals surface area contributed by atoms with Gasteiger partial charge >= 0.3 is 0 Å². The Morgan fingerprint density at radius 2 is 1.84 bits per heavy atom. The summed E-state index contributed by atoms with van der Waals surface area (Å²) in [5.74, 6) is 0. The largest absolute Gasteiger partial charge is 0.268 e. The Kier molecular flexibility index (Phi) is 4.16. The van der Waals surface area contributed by atoms with E-state index in [-0.39, 0.29) is 0 Å². The molecule has 0 saturated heterocycles. The first-order valence-corrected chi connectivity index (χ1v) is 11.0. The van der Waals surface area contributed by atoms with Crippen molar-refractivity contribution in [3.8, 4) is 0 Å². The Hall–Kier alpha value is -1.72. The fourth-order valence-corrected chi connectivity index (χ4v) is 5.58. The number of hydrogen-bond acceptors (Lipinski definition) is 3. The molecule has 1 aliphatic rings. The average Bonchev–Trinajstić information content (AvgIpc) is 2.96. The maximum Gasteiger partial charge on any atom is 0.268 e. The number of nitrogens with zero attached hydrogens (tertiary/aromatic N) is 1. The van der Waals surface area contributed by atoms with Crippen LogP contribution in [0.15, 0.2) is 52.3 Å². The fraction of sp³-hybridized carbons (Fsp3) is 0.250. The standard InChI is InChI=1S/C20H20NO2S2/c1-14-7-10-16(11-8-14)25(22,23)21-19-6-4-3-5-17(19)18-13-15(24-2)9-12-20(18)21/h3,7-13H,4-6H2,1-2H3. The lowest BCUT2D eigenvalue weighted by atomic mass is 9.96. The summed E-state index contributed by atoms with van der Waals surface area (Å²) in [6, 6.07) is 13.2. The smallest absolute Gasteiger partial charge is 0.238 e. The molecule has 1 aliphatic carbocycles. The zero-order valence-electron chi connectivity index (χ0n) is 14.3. The molecule has 0 atom stereocenters. The van der Waals surface area contributed by atoms with Gasteiger partial charge in [-0.1, -0.05) is 17.7 Å². The highest BCUT2D eigenvalue weighted by molar-refractivity contribution is 7.98. The average molecular weight is 371 g/mol. The highest BCUT2D eigenvalue weighted by atomic mass is 32.2. The van der Waals surface area contributed by atoms with Crippen LogP contribution in [0.2, 0.25) is 0 Å². The summed E-state index contributed by atoms with van der Waals surface area (Å²) >= 11 is 1.68. The molecule has 0 fully saturated rings. The third-order valence-corrected chi connectivity index (χ3v) is 7.33. The molecular weight excluding hydrogens is 350 g/mol. The van der Waals surface area contributed by atoms with E-state index in [1.165, 1.54) is 0 Å². The summed E-state index contributed by atoms with van der Waals surface area (Å²) in [5, 5.41) is 1.06. The van der Waals surface area contributed by atoms with E-state index >= 15 is 0 Å². The quantitative estimate of drug-likeness (QED) is 0.633. The lowest BCUT2D eigenvalue weighted by Gasteiger charge is -2.16. The number of hydrogen-bond donors (Lipinski definition) is 0. The predicted octanol–water partition coefficient (Wildman–Crippen LogP) is 4.60. The van der Waals surface area contributed by atoms with Crippen LogP contribution >= 0.6 is 11.8 Å². The normalized spacial score (nSPS) is 14.6. The molecule has 1 radical (unpaired) electrons. The molecule has 0 spiro atoms. The summed E-state index contributed by atoms with van der Waals surface area (Å²) in [5.41, 5.74) is 3.94. The molecule has 0 unspecified atom stereocenters. The van der Waals surface area contributed by atoms with Gasteiger partial charge in [0.15, 0.2) is 0 Å². The molecule has 2 aromatic carbocycles. The van der Waals surface area contributed by atoms with Crippen LogP contribution in [-0.4, -0.2) is 18.6 Å². The number of rotatable bonds is 3. The molecule has 3 aromatic rings. The Balaban J connectivity index is 2.02. The van der Waals surface area contributed by atoms with Crippen molar-refractivity contribution in [2.75, 3.05) is 6.26 Å². The predicted molar refractivity (Wildman–Crippen MR) is 104 cm³/mol. The van der Waals surface area contributed by atoms with Gasteiger partial charge in [0.2, 0.25) is 0 Å². The fourth-order valence-electron chi connectivity index (χ4n) is 3.54. The van der Waals surface area contributed by atoms with Gasteiger partial charge in [0.1, 0.15) is 0 Å². The van der Waals surface area contributed by atoms with Crippen molar-refractivity contribution in [2.45, 2.75) is 36.0 Å². The Bertz CT molecular complexity index is 1050. The highest BCUT2D eigenvalue weighted by Gasteiger charge is 2.28. The Labute approximate surface area is 153 Å². The van der Waals surface area contributed by atoms with Crippen LogP contribution < -0.4 is 0 Å². The number of benzene rings is 2. The highest BCUT2D eigenvalue weighted by Crippen LogP contribution is 2.36. The second-order valence-electron chi connectivity index (χ2n) is 6.42. The maximum atomic E-state index is 13.4. The Morgan fingerprint density at radius 1 is 1.08 bits per heavy atom. The van der Waals surface area contributed by atoms with E-state index in [9.17, 15) is 8.42 Å². The van der Waals surface area contributed by atoms with Gasteiger partial charge in [-0.05, 0) is 74.8 Å². The SMILES string of the molecule is CSc1ccc2c(c1)c1c(n2S(=O)(=O)c2ccc(C)cc2)CC[CH]C1. The van der Waals surface area contributed by atoms with Crippen LogP contribution in [0.25, 0.3) is 10.9 Å². The minimum atomic E-state index is -3.60. The van der Waals surface area contributed by atoms with Crippen LogP contribution in [0, 0.1) is 13.3 Å². The van der Waals surface area contributed by atoms with Crippen LogP contribution in [0.3, 0.4) is 0 Å². The molecule has 1 aromatic heterocycles. The van der Waals surface area contributed by atoms with Crippen molar-refractivity contribution < 1.29 is 8.42 Å². The first kappa shape index (κ1) is 16.7. The zero-order valence-corrected chi connectivity index (χ0v) is 16.0. The second kappa shape index (κ2) is 6.22. The topological polar surface area (TPSA) is 39.1 Å². The van der Waals surface area contributed by atoms with E-state index in [1.807, 2.05) is 37.4 Å². The first-order chi connectivity index (χ1) is 12.0. The molecule has 3 nitrogen and oxygen atoms in total. The molecule has 0 bridgehead atoms. The number of aryl methyl sites for hydroxylation is 1. The van der Waals surface area contributed by atoms with Gasteiger partial charge in [-0.25, -0.2) is 12.4 Å². The van der Waals surface area contributed by atoms with E-state index in [4.69, 9.17) is 0 Å². The third kappa shape index (κ3) is 2.70. The van der Waals surface area contributed by atoms with Gasteiger partial charge < -0.3 is 0 Å². The van der Waals surface area contributed by atoms with Gasteiger partial charge in [0, 0.05) is 16.0 Å². The van der Waals surface area contributed by atoms with Crippen molar-refractivity contribution in [3.05, 3.63) is 65.7 Å². The molecule has 0 amide bonds. The summed E-state index contributed by atoms with van der Waals surface area (Å²) < 4.78 is 28.4. The van der Waals surface area contributed by atoms with E-state index in [0.717, 1.165) is 51.9 Å². The molecule has 0 aliphatic heterocycles. The molecule has 0 saturated carbocycles. The third-order valence-electron chi connectivity index (χ3n) is 4.83. The van der Waals surface area contributed by atoms with Crippen molar-refractivity contribution in [3.63, 3.8) is 0 Å². The van der Waals surface area contributed by atoms with Crippen LogP contribution in [-0.2, 0) is 22.9 Å². The molecule has 4 rings (SSSR count).